The van der Waals surface area contributed by atoms with E-state index in [1.165, 1.54) is 33.3 Å². The highest BCUT2D eigenvalue weighted by atomic mass is 14.7. The number of rotatable bonds is 3. The average Bonchev–Trinajstić information content (AvgIpc) is 3.00. The van der Waals surface area contributed by atoms with Gasteiger partial charge < -0.3 is 4.98 Å². The van der Waals surface area contributed by atoms with Crippen molar-refractivity contribution in [2.24, 2.45) is 0 Å². The Labute approximate surface area is 143 Å². The number of benzene rings is 3. The molecule has 0 bridgehead atoms. The van der Waals surface area contributed by atoms with Crippen molar-refractivity contribution in [2.75, 3.05) is 0 Å². The molecule has 0 amide bonds. The summed E-state index contributed by atoms with van der Waals surface area (Å²) >= 11 is 0. The van der Waals surface area contributed by atoms with Crippen LogP contribution in [0.25, 0.3) is 10.9 Å². The third-order valence-corrected chi connectivity index (χ3v) is 5.17. The van der Waals surface area contributed by atoms with Gasteiger partial charge in [-0.15, -0.1) is 0 Å². The van der Waals surface area contributed by atoms with Crippen molar-refractivity contribution in [3.63, 3.8) is 0 Å². The standard InChI is InChI=1S/C23H21N/c1-17-20-15-9-10-16-21(20)24-22(17)23(2,18-11-5-3-6-12-18)19-13-7-4-8-14-19/h3-16,24H,1-2H3. The molecule has 0 spiro atoms. The molecular weight excluding hydrogens is 290 g/mol. The molecule has 0 unspecified atom stereocenters. The van der Waals surface area contributed by atoms with Crippen LogP contribution in [0, 0.1) is 6.92 Å². The molecule has 118 valence electrons. The molecule has 0 aliphatic heterocycles. The summed E-state index contributed by atoms with van der Waals surface area (Å²) in [5.74, 6) is 0. The van der Waals surface area contributed by atoms with E-state index in [0.29, 0.717) is 0 Å². The molecule has 1 heterocycles. The topological polar surface area (TPSA) is 15.8 Å². The Morgan fingerprint density at radius 2 is 1.17 bits per heavy atom. The summed E-state index contributed by atoms with van der Waals surface area (Å²) in [4.78, 5) is 3.70. The molecule has 0 saturated heterocycles. The van der Waals surface area contributed by atoms with Crippen LogP contribution in [0.1, 0.15) is 29.3 Å². The van der Waals surface area contributed by atoms with Crippen LogP contribution in [-0.4, -0.2) is 4.98 Å². The zero-order chi connectivity index (χ0) is 16.6. The van der Waals surface area contributed by atoms with Gasteiger partial charge in [0, 0.05) is 16.6 Å². The lowest BCUT2D eigenvalue weighted by atomic mass is 9.72. The smallest absolute Gasteiger partial charge is 0.0576 e. The molecule has 0 radical (unpaired) electrons. The number of aromatic amines is 1. The van der Waals surface area contributed by atoms with Crippen LogP contribution in [0.15, 0.2) is 84.9 Å². The van der Waals surface area contributed by atoms with Gasteiger partial charge in [-0.05, 0) is 36.6 Å². The molecule has 0 aliphatic carbocycles. The maximum absolute atomic E-state index is 3.70. The third kappa shape index (κ3) is 2.16. The summed E-state index contributed by atoms with van der Waals surface area (Å²) in [6.07, 6.45) is 0. The third-order valence-electron chi connectivity index (χ3n) is 5.17. The highest BCUT2D eigenvalue weighted by Crippen LogP contribution is 2.41. The fourth-order valence-corrected chi connectivity index (χ4v) is 3.78. The Kier molecular flexibility index (Phi) is 3.50. The van der Waals surface area contributed by atoms with E-state index >= 15 is 0 Å². The molecule has 1 heteroatoms. The second kappa shape index (κ2) is 5.68. The largest absolute Gasteiger partial charge is 0.357 e. The molecule has 4 aromatic rings. The molecule has 1 aromatic heterocycles. The second-order valence-electron chi connectivity index (χ2n) is 6.53. The van der Waals surface area contributed by atoms with Gasteiger partial charge in [-0.2, -0.15) is 0 Å². The van der Waals surface area contributed by atoms with Crippen LogP contribution >= 0.6 is 0 Å². The van der Waals surface area contributed by atoms with Crippen molar-refractivity contribution < 1.29 is 0 Å². The van der Waals surface area contributed by atoms with Crippen molar-refractivity contribution in [1.82, 2.24) is 4.98 Å². The molecule has 0 aliphatic rings. The van der Waals surface area contributed by atoms with Gasteiger partial charge in [0.05, 0.1) is 5.41 Å². The average molecular weight is 311 g/mol. The lowest BCUT2D eigenvalue weighted by molar-refractivity contribution is 0.667. The van der Waals surface area contributed by atoms with Gasteiger partial charge >= 0.3 is 0 Å². The Balaban J connectivity index is 2.05. The molecule has 0 fully saturated rings. The van der Waals surface area contributed by atoms with Crippen molar-refractivity contribution in [2.45, 2.75) is 19.3 Å². The van der Waals surface area contributed by atoms with Crippen molar-refractivity contribution >= 4 is 10.9 Å². The molecule has 0 atom stereocenters. The number of H-pyrrole nitrogens is 1. The molecule has 1 nitrogen and oxygen atoms in total. The summed E-state index contributed by atoms with van der Waals surface area (Å²) in [5.41, 5.74) is 6.16. The monoisotopic (exact) mass is 311 g/mol. The Hall–Kier alpha value is -2.80. The highest BCUT2D eigenvalue weighted by molar-refractivity contribution is 5.85. The van der Waals surface area contributed by atoms with E-state index < -0.39 is 0 Å². The number of aryl methyl sites for hydroxylation is 1. The number of nitrogens with one attached hydrogen (secondary N) is 1. The molecular formula is C23H21N. The van der Waals surface area contributed by atoms with Crippen molar-refractivity contribution in [1.29, 1.82) is 0 Å². The maximum Gasteiger partial charge on any atom is 0.0576 e. The van der Waals surface area contributed by atoms with Crippen LogP contribution in [-0.2, 0) is 5.41 Å². The fraction of sp³-hybridized carbons (Fsp3) is 0.130. The minimum Gasteiger partial charge on any atom is -0.357 e. The summed E-state index contributed by atoms with van der Waals surface area (Å²) in [6.45, 7) is 4.54. The van der Waals surface area contributed by atoms with E-state index in [9.17, 15) is 0 Å². The van der Waals surface area contributed by atoms with E-state index in [2.05, 4.69) is 104 Å². The lowest BCUT2D eigenvalue weighted by Gasteiger charge is -2.31. The van der Waals surface area contributed by atoms with Crippen LogP contribution in [0.3, 0.4) is 0 Å². The summed E-state index contributed by atoms with van der Waals surface area (Å²) in [7, 11) is 0. The van der Waals surface area contributed by atoms with Gasteiger partial charge in [-0.25, -0.2) is 0 Å². The maximum atomic E-state index is 3.70. The SMILES string of the molecule is Cc1c(C(C)(c2ccccc2)c2ccccc2)[nH]c2ccccc12. The summed E-state index contributed by atoms with van der Waals surface area (Å²) in [5, 5.41) is 1.30. The van der Waals surface area contributed by atoms with Gasteiger partial charge in [0.2, 0.25) is 0 Å². The molecule has 1 N–H and O–H groups in total. The van der Waals surface area contributed by atoms with E-state index in [-0.39, 0.29) is 5.41 Å². The number of hydrogen-bond acceptors (Lipinski definition) is 0. The fourth-order valence-electron chi connectivity index (χ4n) is 3.78. The van der Waals surface area contributed by atoms with Gasteiger partial charge in [0.15, 0.2) is 0 Å². The van der Waals surface area contributed by atoms with E-state index in [1.54, 1.807) is 0 Å². The summed E-state index contributed by atoms with van der Waals surface area (Å²) < 4.78 is 0. The Bertz CT molecular complexity index is 925. The van der Waals surface area contributed by atoms with Crippen LogP contribution in [0.5, 0.6) is 0 Å². The van der Waals surface area contributed by atoms with Crippen molar-refractivity contribution in [3.8, 4) is 0 Å². The Morgan fingerprint density at radius 1 is 0.667 bits per heavy atom. The first-order valence-electron chi connectivity index (χ1n) is 8.40. The molecule has 3 aromatic carbocycles. The van der Waals surface area contributed by atoms with Gasteiger partial charge in [0.25, 0.3) is 0 Å². The minimum absolute atomic E-state index is 0.217. The minimum atomic E-state index is -0.217. The normalized spacial score (nSPS) is 11.8. The lowest BCUT2D eigenvalue weighted by Crippen LogP contribution is -2.26. The predicted molar refractivity (Wildman–Crippen MR) is 101 cm³/mol. The predicted octanol–water partition coefficient (Wildman–Crippen LogP) is 5.83. The first kappa shape index (κ1) is 14.8. The molecule has 0 saturated carbocycles. The number of aromatic nitrogens is 1. The zero-order valence-corrected chi connectivity index (χ0v) is 14.1. The van der Waals surface area contributed by atoms with Gasteiger partial charge in [0.1, 0.15) is 0 Å². The number of hydrogen-bond donors (Lipinski definition) is 1. The quantitative estimate of drug-likeness (QED) is 0.490. The zero-order valence-electron chi connectivity index (χ0n) is 14.1. The van der Waals surface area contributed by atoms with Gasteiger partial charge in [-0.1, -0.05) is 78.9 Å². The highest BCUT2D eigenvalue weighted by Gasteiger charge is 2.34. The molecule has 4 rings (SSSR count). The van der Waals surface area contributed by atoms with Gasteiger partial charge in [-0.3, -0.25) is 0 Å². The molecule has 24 heavy (non-hydrogen) atoms. The van der Waals surface area contributed by atoms with Crippen LogP contribution < -0.4 is 0 Å². The van der Waals surface area contributed by atoms with E-state index in [0.717, 1.165) is 0 Å². The first-order valence-corrected chi connectivity index (χ1v) is 8.40. The number of fused-ring (bicyclic) bond motifs is 1. The van der Waals surface area contributed by atoms with Crippen molar-refractivity contribution in [3.05, 3.63) is 107 Å². The van der Waals surface area contributed by atoms with Crippen LogP contribution in [0.2, 0.25) is 0 Å². The van der Waals surface area contributed by atoms with Crippen LogP contribution in [0.4, 0.5) is 0 Å². The second-order valence-corrected chi connectivity index (χ2v) is 6.53. The first-order chi connectivity index (χ1) is 11.7. The summed E-state index contributed by atoms with van der Waals surface area (Å²) in [6, 6.07) is 30.1. The number of para-hydroxylation sites is 1. The Morgan fingerprint density at radius 3 is 1.71 bits per heavy atom. The van der Waals surface area contributed by atoms with E-state index in [4.69, 9.17) is 0 Å². The van der Waals surface area contributed by atoms with E-state index in [1.807, 2.05) is 0 Å².